The van der Waals surface area contributed by atoms with E-state index in [9.17, 15) is 17.6 Å². The van der Waals surface area contributed by atoms with E-state index in [1.165, 1.54) is 12.1 Å². The number of oxime groups is 1. The molecular formula is C12H15F4N3O. The van der Waals surface area contributed by atoms with Crippen molar-refractivity contribution >= 4 is 5.84 Å². The van der Waals surface area contributed by atoms with Gasteiger partial charge in [-0.3, -0.25) is 4.90 Å². The molecule has 0 aliphatic rings. The van der Waals surface area contributed by atoms with E-state index in [4.69, 9.17) is 10.9 Å². The van der Waals surface area contributed by atoms with E-state index in [0.29, 0.717) is 0 Å². The number of benzene rings is 1. The summed E-state index contributed by atoms with van der Waals surface area (Å²) in [6.07, 6.45) is -4.33. The van der Waals surface area contributed by atoms with Crippen molar-refractivity contribution in [2.24, 2.45) is 10.9 Å². The molecule has 112 valence electrons. The van der Waals surface area contributed by atoms with Crippen LogP contribution in [-0.2, 0) is 6.54 Å². The van der Waals surface area contributed by atoms with Gasteiger partial charge in [0.25, 0.3) is 0 Å². The van der Waals surface area contributed by atoms with Crippen molar-refractivity contribution in [1.82, 2.24) is 4.90 Å². The zero-order valence-electron chi connectivity index (χ0n) is 10.8. The lowest BCUT2D eigenvalue weighted by atomic mass is 10.1. The molecular weight excluding hydrogens is 278 g/mol. The molecule has 20 heavy (non-hydrogen) atoms. The molecule has 0 heterocycles. The van der Waals surface area contributed by atoms with Crippen molar-refractivity contribution in [1.29, 1.82) is 0 Å². The third-order valence-electron chi connectivity index (χ3n) is 2.70. The zero-order chi connectivity index (χ0) is 15.3. The minimum atomic E-state index is -4.33. The van der Waals surface area contributed by atoms with E-state index < -0.39 is 18.5 Å². The van der Waals surface area contributed by atoms with Gasteiger partial charge >= 0.3 is 6.18 Å². The molecule has 3 N–H and O–H groups in total. The highest BCUT2D eigenvalue weighted by Crippen LogP contribution is 2.19. The maximum Gasteiger partial charge on any atom is 0.401 e. The number of halogens is 4. The van der Waals surface area contributed by atoms with Crippen LogP contribution in [0.5, 0.6) is 0 Å². The standard InChI is InChI=1S/C12H15F4N3O/c1-2-19(7-12(14,15)16)6-9-4-3-8(5-10(9)13)11(17)18-20/h3-5,20H,2,6-7H2,1H3,(H2,17,18). The summed E-state index contributed by atoms with van der Waals surface area (Å²) >= 11 is 0. The van der Waals surface area contributed by atoms with Crippen molar-refractivity contribution in [2.45, 2.75) is 19.6 Å². The Morgan fingerprint density at radius 1 is 1.40 bits per heavy atom. The van der Waals surface area contributed by atoms with Crippen LogP contribution in [0, 0.1) is 5.82 Å². The van der Waals surface area contributed by atoms with E-state index >= 15 is 0 Å². The van der Waals surface area contributed by atoms with Crippen molar-refractivity contribution in [3.8, 4) is 0 Å². The molecule has 0 aliphatic heterocycles. The summed E-state index contributed by atoms with van der Waals surface area (Å²) in [5.41, 5.74) is 5.57. The van der Waals surface area contributed by atoms with Crippen LogP contribution < -0.4 is 5.73 Å². The Morgan fingerprint density at radius 3 is 2.50 bits per heavy atom. The first kappa shape index (κ1) is 16.2. The van der Waals surface area contributed by atoms with Gasteiger partial charge in [-0.25, -0.2) is 4.39 Å². The van der Waals surface area contributed by atoms with E-state index in [2.05, 4.69) is 5.16 Å². The Morgan fingerprint density at radius 2 is 2.05 bits per heavy atom. The lowest BCUT2D eigenvalue weighted by Crippen LogP contribution is -2.33. The summed E-state index contributed by atoms with van der Waals surface area (Å²) in [6.45, 7) is 0.429. The third kappa shape index (κ3) is 4.69. The summed E-state index contributed by atoms with van der Waals surface area (Å²) in [5.74, 6) is -0.965. The second-order valence-electron chi connectivity index (χ2n) is 4.21. The maximum absolute atomic E-state index is 13.8. The number of nitrogens with zero attached hydrogens (tertiary/aromatic N) is 2. The SMILES string of the molecule is CCN(Cc1ccc(C(N)=NO)cc1F)CC(F)(F)F. The fourth-order valence-electron chi connectivity index (χ4n) is 1.67. The number of amidine groups is 1. The molecule has 1 rings (SSSR count). The van der Waals surface area contributed by atoms with Gasteiger partial charge in [-0.05, 0) is 12.6 Å². The lowest BCUT2D eigenvalue weighted by Gasteiger charge is -2.22. The summed E-state index contributed by atoms with van der Waals surface area (Å²) in [4.78, 5) is 1.07. The minimum Gasteiger partial charge on any atom is -0.409 e. The Bertz CT molecular complexity index is 488. The van der Waals surface area contributed by atoms with E-state index in [0.717, 1.165) is 11.0 Å². The molecule has 1 aromatic carbocycles. The lowest BCUT2D eigenvalue weighted by molar-refractivity contribution is -0.146. The van der Waals surface area contributed by atoms with Gasteiger partial charge in [-0.15, -0.1) is 0 Å². The van der Waals surface area contributed by atoms with Crippen LogP contribution in [-0.4, -0.2) is 35.2 Å². The second kappa shape index (κ2) is 6.56. The van der Waals surface area contributed by atoms with Crippen LogP contribution in [0.25, 0.3) is 0 Å². The van der Waals surface area contributed by atoms with Gasteiger partial charge in [0.1, 0.15) is 5.82 Å². The second-order valence-corrected chi connectivity index (χ2v) is 4.21. The van der Waals surface area contributed by atoms with Crippen LogP contribution in [0.1, 0.15) is 18.1 Å². The smallest absolute Gasteiger partial charge is 0.401 e. The van der Waals surface area contributed by atoms with Crippen LogP contribution in [0.15, 0.2) is 23.4 Å². The van der Waals surface area contributed by atoms with Gasteiger partial charge in [0.2, 0.25) is 0 Å². The van der Waals surface area contributed by atoms with Crippen molar-refractivity contribution in [2.75, 3.05) is 13.1 Å². The van der Waals surface area contributed by atoms with Gasteiger partial charge in [-0.1, -0.05) is 24.2 Å². The third-order valence-corrected chi connectivity index (χ3v) is 2.70. The first-order valence-corrected chi connectivity index (χ1v) is 5.82. The highest BCUT2D eigenvalue weighted by molar-refractivity contribution is 5.97. The fourth-order valence-corrected chi connectivity index (χ4v) is 1.67. The average Bonchev–Trinajstić information content (AvgIpc) is 2.37. The normalized spacial score (nSPS) is 13.0. The monoisotopic (exact) mass is 293 g/mol. The molecule has 0 aromatic heterocycles. The van der Waals surface area contributed by atoms with Gasteiger partial charge < -0.3 is 10.9 Å². The summed E-state index contributed by atoms with van der Waals surface area (Å²) in [5, 5.41) is 11.2. The Hall–Kier alpha value is -1.83. The van der Waals surface area contributed by atoms with E-state index in [-0.39, 0.29) is 30.1 Å². The molecule has 0 radical (unpaired) electrons. The summed E-state index contributed by atoms with van der Waals surface area (Å²) in [6, 6.07) is 3.72. The largest absolute Gasteiger partial charge is 0.409 e. The highest BCUT2D eigenvalue weighted by atomic mass is 19.4. The van der Waals surface area contributed by atoms with Crippen molar-refractivity contribution < 1.29 is 22.8 Å². The molecule has 0 aliphatic carbocycles. The topological polar surface area (TPSA) is 61.8 Å². The quantitative estimate of drug-likeness (QED) is 0.288. The van der Waals surface area contributed by atoms with Crippen LogP contribution in [0.2, 0.25) is 0 Å². The molecule has 4 nitrogen and oxygen atoms in total. The summed E-state index contributed by atoms with van der Waals surface area (Å²) < 4.78 is 50.7. The molecule has 0 saturated heterocycles. The minimum absolute atomic E-state index is 0.116. The van der Waals surface area contributed by atoms with Crippen LogP contribution >= 0.6 is 0 Å². The molecule has 8 heteroatoms. The Kier molecular flexibility index (Phi) is 5.32. The van der Waals surface area contributed by atoms with Gasteiger partial charge in [0.05, 0.1) is 6.54 Å². The van der Waals surface area contributed by atoms with Crippen molar-refractivity contribution in [3.63, 3.8) is 0 Å². The van der Waals surface area contributed by atoms with E-state index in [1.807, 2.05) is 0 Å². The Balaban J connectivity index is 2.87. The predicted octanol–water partition coefficient (Wildman–Crippen LogP) is 2.30. The van der Waals surface area contributed by atoms with Gasteiger partial charge in [0.15, 0.2) is 5.84 Å². The zero-order valence-corrected chi connectivity index (χ0v) is 10.8. The molecule has 0 spiro atoms. The molecule has 0 saturated carbocycles. The number of rotatable bonds is 5. The fraction of sp³-hybridized carbons (Fsp3) is 0.417. The average molecular weight is 293 g/mol. The number of alkyl halides is 3. The Labute approximate surface area is 113 Å². The number of hydrogen-bond donors (Lipinski definition) is 2. The summed E-state index contributed by atoms with van der Waals surface area (Å²) in [7, 11) is 0. The van der Waals surface area contributed by atoms with E-state index in [1.54, 1.807) is 6.92 Å². The first-order valence-electron chi connectivity index (χ1n) is 5.82. The molecule has 1 aromatic rings. The molecule has 0 bridgehead atoms. The maximum atomic E-state index is 13.8. The predicted molar refractivity (Wildman–Crippen MR) is 65.9 cm³/mol. The molecule has 0 unspecified atom stereocenters. The van der Waals surface area contributed by atoms with Gasteiger partial charge in [0, 0.05) is 17.7 Å². The van der Waals surface area contributed by atoms with Gasteiger partial charge in [-0.2, -0.15) is 13.2 Å². The van der Waals surface area contributed by atoms with Crippen LogP contribution in [0.4, 0.5) is 17.6 Å². The molecule has 0 amide bonds. The highest BCUT2D eigenvalue weighted by Gasteiger charge is 2.30. The van der Waals surface area contributed by atoms with Crippen LogP contribution in [0.3, 0.4) is 0 Å². The van der Waals surface area contributed by atoms with Crippen molar-refractivity contribution in [3.05, 3.63) is 35.1 Å². The first-order chi connectivity index (χ1) is 9.26. The molecule has 0 atom stereocenters. The number of nitrogens with two attached hydrogens (primary N) is 1. The molecule has 0 fully saturated rings. The number of hydrogen-bond acceptors (Lipinski definition) is 3.